The Morgan fingerprint density at radius 3 is 2.03 bits per heavy atom. The van der Waals surface area contributed by atoms with Crippen LogP contribution in [-0.2, 0) is 0 Å². The molecule has 2 aromatic carbocycles. The number of nitrogens with zero attached hydrogens (tertiary/aromatic N) is 2. The van der Waals surface area contributed by atoms with Gasteiger partial charge in [0.15, 0.2) is 23.3 Å². The Balaban J connectivity index is 1.80. The lowest BCUT2D eigenvalue weighted by Crippen LogP contribution is -2.46. The Kier molecular flexibility index (Phi) is 6.28. The van der Waals surface area contributed by atoms with E-state index in [4.69, 9.17) is 11.6 Å². The van der Waals surface area contributed by atoms with Crippen LogP contribution in [0.5, 0.6) is 0 Å². The minimum Gasteiger partial charge on any atom is -0.368 e. The van der Waals surface area contributed by atoms with E-state index in [0.29, 0.717) is 0 Å². The highest BCUT2D eigenvalue weighted by Gasteiger charge is 2.30. The Morgan fingerprint density at radius 2 is 1.52 bits per heavy atom. The van der Waals surface area contributed by atoms with E-state index in [1.165, 1.54) is 12.1 Å². The average Bonchev–Trinajstić information content (AvgIpc) is 2.71. The molecule has 10 heteroatoms. The lowest BCUT2D eigenvalue weighted by molar-refractivity contribution is 0.101. The maximum absolute atomic E-state index is 13.8. The number of halogens is 6. The van der Waals surface area contributed by atoms with Crippen LogP contribution in [0.25, 0.3) is 0 Å². The molecule has 0 aromatic heterocycles. The van der Waals surface area contributed by atoms with Crippen molar-refractivity contribution in [2.24, 2.45) is 0 Å². The Morgan fingerprint density at radius 1 is 0.966 bits per heavy atom. The molecule has 1 aliphatic heterocycles. The molecule has 1 amide bonds. The number of nitrogens with one attached hydrogen (secondary N) is 1. The average molecular weight is 434 g/mol. The minimum absolute atomic E-state index is 0.0554. The summed E-state index contributed by atoms with van der Waals surface area (Å²) in [4.78, 5) is 16.5. The molecule has 1 saturated heterocycles. The Hall–Kier alpha value is -2.39. The van der Waals surface area contributed by atoms with Crippen molar-refractivity contribution in [3.8, 4) is 0 Å². The molecule has 0 atom stereocenters. The molecule has 0 bridgehead atoms. The predicted molar refractivity (Wildman–Crippen MR) is 100.0 cm³/mol. The first-order chi connectivity index (χ1) is 13.7. The van der Waals surface area contributed by atoms with Crippen LogP contribution >= 0.6 is 11.6 Å². The molecule has 1 N–H and O–H groups in total. The molecule has 29 heavy (non-hydrogen) atoms. The molecule has 0 radical (unpaired) electrons. The van der Waals surface area contributed by atoms with E-state index in [0.717, 1.165) is 38.4 Å². The lowest BCUT2D eigenvalue weighted by atomic mass is 10.1. The fraction of sp³-hybridized carbons (Fsp3) is 0.316. The second-order valence-corrected chi connectivity index (χ2v) is 6.89. The first-order valence-electron chi connectivity index (χ1n) is 8.84. The SMILES string of the molecule is CCN1CCN(c2ccc(NC(=O)c3c(F)c(F)c(F)c(F)c3F)cc2Cl)CC1. The molecule has 1 fully saturated rings. The standard InChI is InChI=1S/C19H17ClF5N3O/c1-2-27-5-7-28(8-6-27)12-4-3-10(9-11(12)20)26-19(29)13-14(21)16(23)18(25)17(24)15(13)22/h3-4,9H,2,5-8H2,1H3,(H,26,29). The fourth-order valence-electron chi connectivity index (χ4n) is 3.14. The zero-order valence-electron chi connectivity index (χ0n) is 15.3. The van der Waals surface area contributed by atoms with Crippen molar-refractivity contribution < 1.29 is 26.7 Å². The van der Waals surface area contributed by atoms with Crippen molar-refractivity contribution in [3.05, 3.63) is 57.9 Å². The number of rotatable bonds is 4. The quantitative estimate of drug-likeness (QED) is 0.440. The highest BCUT2D eigenvalue weighted by atomic mass is 35.5. The highest BCUT2D eigenvalue weighted by molar-refractivity contribution is 6.33. The molecular weight excluding hydrogens is 417 g/mol. The van der Waals surface area contributed by atoms with Crippen LogP contribution in [0.4, 0.5) is 33.3 Å². The zero-order chi connectivity index (χ0) is 21.3. The number of carbonyl (C=O) groups is 1. The van der Waals surface area contributed by atoms with Gasteiger partial charge in [0, 0.05) is 31.9 Å². The summed E-state index contributed by atoms with van der Waals surface area (Å²) >= 11 is 6.27. The maximum Gasteiger partial charge on any atom is 0.261 e. The largest absolute Gasteiger partial charge is 0.368 e. The van der Waals surface area contributed by atoms with Crippen molar-refractivity contribution in [1.29, 1.82) is 0 Å². The maximum atomic E-state index is 13.8. The van der Waals surface area contributed by atoms with E-state index in [2.05, 4.69) is 22.0 Å². The van der Waals surface area contributed by atoms with Crippen molar-refractivity contribution in [3.63, 3.8) is 0 Å². The van der Waals surface area contributed by atoms with Gasteiger partial charge in [0.2, 0.25) is 5.82 Å². The van der Waals surface area contributed by atoms with E-state index < -0.39 is 40.6 Å². The summed E-state index contributed by atoms with van der Waals surface area (Å²) in [6, 6.07) is 4.42. The molecule has 3 rings (SSSR count). The van der Waals surface area contributed by atoms with Crippen LogP contribution in [0.15, 0.2) is 18.2 Å². The van der Waals surface area contributed by atoms with Crippen LogP contribution in [0.1, 0.15) is 17.3 Å². The topological polar surface area (TPSA) is 35.6 Å². The number of likely N-dealkylation sites (N-methyl/N-ethyl adjacent to an activating group) is 1. The van der Waals surface area contributed by atoms with Crippen molar-refractivity contribution in [2.75, 3.05) is 42.9 Å². The normalized spacial score (nSPS) is 14.9. The fourth-order valence-corrected chi connectivity index (χ4v) is 3.44. The number of anilines is 2. The van der Waals surface area contributed by atoms with Gasteiger partial charge in [-0.3, -0.25) is 4.79 Å². The van der Waals surface area contributed by atoms with Crippen molar-refractivity contribution in [1.82, 2.24) is 4.90 Å². The van der Waals surface area contributed by atoms with Gasteiger partial charge in [-0.15, -0.1) is 0 Å². The number of carbonyl (C=O) groups excluding carboxylic acids is 1. The highest BCUT2D eigenvalue weighted by Crippen LogP contribution is 2.30. The summed E-state index contributed by atoms with van der Waals surface area (Å²) in [7, 11) is 0. The van der Waals surface area contributed by atoms with E-state index in [-0.39, 0.29) is 10.7 Å². The van der Waals surface area contributed by atoms with Gasteiger partial charge in [-0.25, -0.2) is 22.0 Å². The lowest BCUT2D eigenvalue weighted by Gasteiger charge is -2.36. The summed E-state index contributed by atoms with van der Waals surface area (Å²) in [5, 5.41) is 2.40. The predicted octanol–water partition coefficient (Wildman–Crippen LogP) is 4.43. The van der Waals surface area contributed by atoms with Gasteiger partial charge in [-0.2, -0.15) is 0 Å². The van der Waals surface area contributed by atoms with E-state index in [1.807, 2.05) is 0 Å². The summed E-state index contributed by atoms with van der Waals surface area (Å²) in [5.41, 5.74) is -0.783. The first-order valence-corrected chi connectivity index (χ1v) is 9.22. The number of hydrogen-bond donors (Lipinski definition) is 1. The molecule has 156 valence electrons. The van der Waals surface area contributed by atoms with Gasteiger partial charge < -0.3 is 15.1 Å². The van der Waals surface area contributed by atoms with Crippen LogP contribution < -0.4 is 10.2 Å². The molecule has 0 spiro atoms. The van der Waals surface area contributed by atoms with Gasteiger partial charge in [0.25, 0.3) is 5.91 Å². The van der Waals surface area contributed by atoms with E-state index in [1.54, 1.807) is 6.07 Å². The van der Waals surface area contributed by atoms with Crippen molar-refractivity contribution >= 4 is 28.9 Å². The number of piperazine rings is 1. The third-order valence-corrected chi connectivity index (χ3v) is 5.11. The molecule has 2 aromatic rings. The van der Waals surface area contributed by atoms with Crippen LogP contribution in [0.3, 0.4) is 0 Å². The number of amides is 1. The third kappa shape index (κ3) is 4.16. The van der Waals surface area contributed by atoms with Crippen LogP contribution in [-0.4, -0.2) is 43.5 Å². The molecule has 1 heterocycles. The van der Waals surface area contributed by atoms with E-state index in [9.17, 15) is 26.7 Å². The Labute approximate surface area is 168 Å². The van der Waals surface area contributed by atoms with Gasteiger partial charge in [-0.05, 0) is 24.7 Å². The molecular formula is C19H17ClF5N3O. The monoisotopic (exact) mass is 433 g/mol. The second kappa shape index (κ2) is 8.54. The second-order valence-electron chi connectivity index (χ2n) is 6.49. The van der Waals surface area contributed by atoms with Gasteiger partial charge >= 0.3 is 0 Å². The number of hydrogen-bond acceptors (Lipinski definition) is 3. The van der Waals surface area contributed by atoms with Crippen LogP contribution in [0, 0.1) is 29.1 Å². The summed E-state index contributed by atoms with van der Waals surface area (Å²) in [6.07, 6.45) is 0. The van der Waals surface area contributed by atoms with E-state index >= 15 is 0 Å². The molecule has 0 saturated carbocycles. The van der Waals surface area contributed by atoms with Gasteiger partial charge in [0.05, 0.1) is 10.7 Å². The summed E-state index contributed by atoms with van der Waals surface area (Å²) in [5.74, 6) is -12.6. The summed E-state index contributed by atoms with van der Waals surface area (Å²) in [6.45, 7) is 6.26. The van der Waals surface area contributed by atoms with Crippen LogP contribution in [0.2, 0.25) is 5.02 Å². The zero-order valence-corrected chi connectivity index (χ0v) is 16.1. The summed E-state index contributed by atoms with van der Waals surface area (Å²) < 4.78 is 67.3. The first kappa shape index (κ1) is 21.3. The smallest absolute Gasteiger partial charge is 0.261 e. The Bertz CT molecular complexity index is 919. The van der Waals surface area contributed by atoms with Crippen molar-refractivity contribution in [2.45, 2.75) is 6.92 Å². The minimum atomic E-state index is -2.33. The molecule has 0 unspecified atom stereocenters. The third-order valence-electron chi connectivity index (χ3n) is 4.80. The van der Waals surface area contributed by atoms with Gasteiger partial charge in [0.1, 0.15) is 5.56 Å². The van der Waals surface area contributed by atoms with Gasteiger partial charge in [-0.1, -0.05) is 18.5 Å². The molecule has 1 aliphatic rings. The molecule has 0 aliphatic carbocycles. The molecule has 4 nitrogen and oxygen atoms in total. The number of benzene rings is 2.